The molecular formula is C46H80N4O9. The molecule has 13 heteroatoms. The largest absolute Gasteiger partial charge is 0.394 e. The predicted molar refractivity (Wildman–Crippen MR) is 223 cm³/mol. The van der Waals surface area contributed by atoms with Crippen LogP contribution in [0.5, 0.6) is 0 Å². The molecule has 6 aliphatic rings. The van der Waals surface area contributed by atoms with Gasteiger partial charge in [-0.15, -0.1) is 0 Å². The SMILES string of the molecule is CCCCCCCCCCCCCC[C@@H](O)[C@@H](O)[C@H](COC1OC(CO)C(O)C(O)C1O)n1nnn(CCCCCCCCCCC2C3C4C[C@@H]5C6CC(C3C46)[C@H]25)c1=O. The zero-order chi connectivity index (χ0) is 41.5. The number of fused-ring (bicyclic) bond motifs is 2. The highest BCUT2D eigenvalue weighted by atomic mass is 16.7. The summed E-state index contributed by atoms with van der Waals surface area (Å²) in [5.41, 5.74) is -0.540. The van der Waals surface area contributed by atoms with Crippen molar-refractivity contribution in [3.05, 3.63) is 10.5 Å². The van der Waals surface area contributed by atoms with Crippen LogP contribution in [0.1, 0.15) is 167 Å². The first-order valence-corrected chi connectivity index (χ1v) is 24.6. The minimum absolute atomic E-state index is 0.321. The Balaban J connectivity index is 0.810. The van der Waals surface area contributed by atoms with Gasteiger partial charge in [0.15, 0.2) is 6.29 Å². The second-order valence-electron chi connectivity index (χ2n) is 20.0. The molecule has 59 heavy (non-hydrogen) atoms. The molecule has 0 radical (unpaired) electrons. The Bertz CT molecular complexity index is 1450. The van der Waals surface area contributed by atoms with E-state index in [1.165, 1.54) is 94.6 Å². The van der Waals surface area contributed by atoms with Gasteiger partial charge in [-0.25, -0.2) is 4.79 Å². The Hall–Kier alpha value is -1.45. The fourth-order valence-corrected chi connectivity index (χ4v) is 13.7. The van der Waals surface area contributed by atoms with Crippen LogP contribution in [0, 0.1) is 53.3 Å². The van der Waals surface area contributed by atoms with Crippen LogP contribution < -0.4 is 5.69 Å². The third-order valence-corrected chi connectivity index (χ3v) is 16.5. The molecule has 5 saturated carbocycles. The number of hydrogen-bond donors (Lipinski definition) is 6. The molecule has 5 aliphatic carbocycles. The molecule has 12 unspecified atom stereocenters. The number of aliphatic hydroxyl groups excluding tert-OH is 6. The predicted octanol–water partition coefficient (Wildman–Crippen LogP) is 5.52. The van der Waals surface area contributed by atoms with Gasteiger partial charge in [0.25, 0.3) is 0 Å². The molecule has 338 valence electrons. The van der Waals surface area contributed by atoms with Crippen LogP contribution in [-0.4, -0.2) is 107 Å². The van der Waals surface area contributed by atoms with Crippen LogP contribution in [0.25, 0.3) is 0 Å². The number of ether oxygens (including phenoxy) is 2. The van der Waals surface area contributed by atoms with Crippen molar-refractivity contribution in [3.8, 4) is 0 Å². The Morgan fingerprint density at radius 2 is 1.25 bits per heavy atom. The lowest BCUT2D eigenvalue weighted by atomic mass is 9.57. The molecule has 0 aromatic carbocycles. The molecule has 6 N–H and O–H groups in total. The summed E-state index contributed by atoms with van der Waals surface area (Å²) < 4.78 is 13.6. The van der Waals surface area contributed by atoms with E-state index in [0.717, 1.165) is 96.5 Å². The lowest BCUT2D eigenvalue weighted by Gasteiger charge is -2.48. The van der Waals surface area contributed by atoms with E-state index < -0.39 is 67.9 Å². The van der Waals surface area contributed by atoms with E-state index in [1.54, 1.807) is 12.8 Å². The van der Waals surface area contributed by atoms with Crippen LogP contribution in [-0.2, 0) is 16.0 Å². The van der Waals surface area contributed by atoms with Crippen molar-refractivity contribution in [3.63, 3.8) is 0 Å². The van der Waals surface area contributed by atoms with Gasteiger partial charge in [-0.05, 0) is 95.8 Å². The van der Waals surface area contributed by atoms with Gasteiger partial charge in [-0.2, -0.15) is 9.36 Å². The zero-order valence-electron chi connectivity index (χ0n) is 36.1. The fourth-order valence-electron chi connectivity index (χ4n) is 13.7. The maximum atomic E-state index is 13.6. The van der Waals surface area contributed by atoms with Crippen LogP contribution in [0.2, 0.25) is 0 Å². The first-order valence-electron chi connectivity index (χ1n) is 24.6. The van der Waals surface area contributed by atoms with E-state index in [1.807, 2.05) is 0 Å². The van der Waals surface area contributed by atoms with Crippen molar-refractivity contribution in [2.24, 2.45) is 53.3 Å². The number of aromatic nitrogens is 4. The topological polar surface area (TPSA) is 193 Å². The number of tetrazole rings is 1. The molecular weight excluding hydrogens is 753 g/mol. The van der Waals surface area contributed by atoms with Gasteiger partial charge in [-0.3, -0.25) is 0 Å². The lowest BCUT2D eigenvalue weighted by molar-refractivity contribution is -0.304. The second-order valence-corrected chi connectivity index (χ2v) is 20.0. The van der Waals surface area contributed by atoms with Crippen LogP contribution in [0.4, 0.5) is 0 Å². The molecule has 1 saturated heterocycles. The highest BCUT2D eigenvalue weighted by molar-refractivity contribution is 5.27. The Morgan fingerprint density at radius 1 is 0.678 bits per heavy atom. The summed E-state index contributed by atoms with van der Waals surface area (Å²) in [7, 11) is 0. The number of hydrogen-bond acceptors (Lipinski definition) is 11. The standard InChI is InChI=1S/C46H80N4O9/c1-2-3-4-5-6-7-8-9-10-14-17-20-23-35(52)41(53)34(28-58-45-44(56)43(55)42(54)36(27-51)59-45)50-46(57)49(47-48-50)24-21-18-15-12-11-13-16-19-22-29-37-30-25-33-38(29)40-32(37)26-31(30)39(33)40/h29-45,51-56H,2-28H2,1H3/t29?,30-,31?,32?,33?,34+,35-,36?,37-,38?,39?,40?,41+,42?,43?,44?,45?/m1/s1. The average Bonchev–Trinajstić information content (AvgIpc) is 3.93. The van der Waals surface area contributed by atoms with Gasteiger partial charge >= 0.3 is 5.69 Å². The highest BCUT2D eigenvalue weighted by Crippen LogP contribution is 2.84. The molecule has 1 aliphatic heterocycles. The third kappa shape index (κ3) is 10.0. The van der Waals surface area contributed by atoms with E-state index in [-0.39, 0.29) is 0 Å². The summed E-state index contributed by atoms with van der Waals surface area (Å²) in [4.78, 5) is 13.6. The fraction of sp³-hybridized carbons (Fsp3) is 0.978. The molecule has 0 spiro atoms. The first-order chi connectivity index (χ1) is 28.8. The normalized spacial score (nSPS) is 36.5. The highest BCUT2D eigenvalue weighted by Gasteiger charge is 2.79. The molecule has 7 rings (SSSR count). The van der Waals surface area contributed by atoms with Crippen LogP contribution >= 0.6 is 0 Å². The van der Waals surface area contributed by atoms with Crippen molar-refractivity contribution >= 4 is 0 Å². The van der Waals surface area contributed by atoms with Gasteiger partial charge in [-0.1, -0.05) is 129 Å². The van der Waals surface area contributed by atoms with E-state index >= 15 is 0 Å². The van der Waals surface area contributed by atoms with E-state index in [4.69, 9.17) is 9.47 Å². The molecule has 2 heterocycles. The van der Waals surface area contributed by atoms with Crippen molar-refractivity contribution in [2.45, 2.75) is 217 Å². The zero-order valence-corrected chi connectivity index (χ0v) is 36.1. The van der Waals surface area contributed by atoms with Crippen molar-refractivity contribution < 1.29 is 40.1 Å². The summed E-state index contributed by atoms with van der Waals surface area (Å²) in [6.45, 7) is 1.58. The molecule has 6 fully saturated rings. The van der Waals surface area contributed by atoms with Gasteiger partial charge in [0.05, 0.1) is 19.3 Å². The van der Waals surface area contributed by atoms with Crippen LogP contribution in [0.15, 0.2) is 4.79 Å². The molecule has 1 aromatic heterocycles. The minimum atomic E-state index is -1.65. The Labute approximate surface area is 352 Å². The Kier molecular flexibility index (Phi) is 16.8. The Morgan fingerprint density at radius 3 is 1.90 bits per heavy atom. The summed E-state index contributed by atoms with van der Waals surface area (Å²) in [6.07, 6.45) is 18.4. The maximum absolute atomic E-state index is 13.6. The number of nitrogens with zero attached hydrogens (tertiary/aromatic N) is 4. The summed E-state index contributed by atoms with van der Waals surface area (Å²) in [6, 6.07) is -1.17. The van der Waals surface area contributed by atoms with Gasteiger partial charge in [0, 0.05) is 6.54 Å². The van der Waals surface area contributed by atoms with Gasteiger partial charge in [0.1, 0.15) is 36.6 Å². The molecule has 17 atom stereocenters. The average molecular weight is 833 g/mol. The molecule has 0 amide bonds. The monoisotopic (exact) mass is 833 g/mol. The quantitative estimate of drug-likeness (QED) is 0.0517. The summed E-state index contributed by atoms with van der Waals surface area (Å²) >= 11 is 0. The number of aliphatic hydroxyl groups is 6. The first kappa shape index (κ1) is 45.6. The molecule has 1 aromatic rings. The lowest BCUT2D eigenvalue weighted by Crippen LogP contribution is -2.59. The number of unbranched alkanes of at least 4 members (excludes halogenated alkanes) is 18. The minimum Gasteiger partial charge on any atom is -0.394 e. The number of aryl methyl sites for hydroxylation is 1. The summed E-state index contributed by atoms with van der Waals surface area (Å²) in [5.74, 6) is 10.1. The van der Waals surface area contributed by atoms with Gasteiger partial charge < -0.3 is 40.1 Å². The summed E-state index contributed by atoms with van der Waals surface area (Å²) in [5, 5.41) is 71.3. The van der Waals surface area contributed by atoms with Crippen molar-refractivity contribution in [2.75, 3.05) is 13.2 Å². The second kappa shape index (κ2) is 21.8. The van der Waals surface area contributed by atoms with Gasteiger partial charge in [0.2, 0.25) is 0 Å². The smallest absolute Gasteiger partial charge is 0.364 e. The van der Waals surface area contributed by atoms with E-state index in [2.05, 4.69) is 17.4 Å². The maximum Gasteiger partial charge on any atom is 0.364 e. The van der Waals surface area contributed by atoms with E-state index in [9.17, 15) is 35.4 Å². The molecule has 13 nitrogen and oxygen atoms in total. The number of rotatable bonds is 31. The third-order valence-electron chi connectivity index (χ3n) is 16.5. The van der Waals surface area contributed by atoms with E-state index in [0.29, 0.717) is 19.4 Å². The van der Waals surface area contributed by atoms with Crippen molar-refractivity contribution in [1.29, 1.82) is 0 Å². The van der Waals surface area contributed by atoms with Crippen LogP contribution in [0.3, 0.4) is 0 Å². The molecule has 2 bridgehead atoms. The van der Waals surface area contributed by atoms with Crippen molar-refractivity contribution in [1.82, 2.24) is 19.8 Å².